The Hall–Kier alpha value is 0.452. The van der Waals surface area contributed by atoms with Gasteiger partial charge in [0.15, 0.2) is 0 Å². The Bertz CT molecular complexity index is 131. The standard InChI is InChI=1S/C8H16NO.Al.2H/c1-10-8-4-2-3-7(5-8)6-9;;;/h8H,2-6,9H2,1H3;;;. The van der Waals surface area contributed by atoms with Crippen LogP contribution in [-0.2, 0) is 4.74 Å². The van der Waals surface area contributed by atoms with Crippen LogP contribution in [0.5, 0.6) is 0 Å². The van der Waals surface area contributed by atoms with Crippen molar-refractivity contribution in [3.8, 4) is 0 Å². The summed E-state index contributed by atoms with van der Waals surface area (Å²) < 4.78 is 5.84. The molecule has 0 aromatic carbocycles. The minimum atomic E-state index is 0.485. The summed E-state index contributed by atoms with van der Waals surface area (Å²) in [5, 5.41) is 0. The van der Waals surface area contributed by atoms with Gasteiger partial charge in [-0.15, -0.1) is 0 Å². The molecule has 2 unspecified atom stereocenters. The number of ether oxygens (including phenoxy) is 1. The summed E-state index contributed by atoms with van der Waals surface area (Å²) in [7, 11) is 1.81. The van der Waals surface area contributed by atoms with E-state index in [4.69, 9.17) is 10.5 Å². The number of nitrogens with two attached hydrogens (primary N) is 1. The second-order valence-electron chi connectivity index (χ2n) is 3.97. The molecule has 0 aromatic heterocycles. The molecule has 1 aliphatic carbocycles. The van der Waals surface area contributed by atoms with Crippen LogP contribution < -0.4 is 5.73 Å². The average molecular weight is 171 g/mol. The summed E-state index contributed by atoms with van der Waals surface area (Å²) >= 11 is 1.22. The Balaban J connectivity index is 2.44. The smallest absolute Gasteiger partial charge is 0.223 e. The van der Waals surface area contributed by atoms with Crippen LogP contribution in [0.25, 0.3) is 0 Å². The van der Waals surface area contributed by atoms with Gasteiger partial charge in [0.05, 0.1) is 6.10 Å². The highest BCUT2D eigenvalue weighted by molar-refractivity contribution is 6.15. The molecule has 2 atom stereocenters. The summed E-state index contributed by atoms with van der Waals surface area (Å²) in [6.45, 7) is 0.860. The molecule has 64 valence electrons. The van der Waals surface area contributed by atoms with Crippen molar-refractivity contribution in [1.82, 2.24) is 0 Å². The third-order valence-corrected chi connectivity index (χ3v) is 4.17. The van der Waals surface area contributed by atoms with E-state index in [9.17, 15) is 0 Å². The van der Waals surface area contributed by atoms with Gasteiger partial charge in [0.2, 0.25) is 16.3 Å². The van der Waals surface area contributed by atoms with Crippen LogP contribution in [0.2, 0.25) is 4.28 Å². The molecular formula is C8H18AlNO. The molecule has 2 nitrogen and oxygen atoms in total. The highest BCUT2D eigenvalue weighted by atomic mass is 27.0. The number of methoxy groups -OCH3 is 1. The monoisotopic (exact) mass is 171 g/mol. The van der Waals surface area contributed by atoms with Crippen molar-refractivity contribution in [2.75, 3.05) is 13.7 Å². The van der Waals surface area contributed by atoms with Crippen molar-refractivity contribution in [3.05, 3.63) is 0 Å². The van der Waals surface area contributed by atoms with Crippen molar-refractivity contribution in [1.29, 1.82) is 0 Å². The van der Waals surface area contributed by atoms with E-state index in [1.54, 1.807) is 0 Å². The Morgan fingerprint density at radius 3 is 3.00 bits per heavy atom. The van der Waals surface area contributed by atoms with E-state index in [0.717, 1.165) is 6.54 Å². The number of hydrogen-bond donors (Lipinski definition) is 1. The lowest BCUT2D eigenvalue weighted by atomic mass is 9.86. The fraction of sp³-hybridized carbons (Fsp3) is 1.00. The van der Waals surface area contributed by atoms with Gasteiger partial charge in [0.25, 0.3) is 0 Å². The van der Waals surface area contributed by atoms with Gasteiger partial charge in [-0.2, -0.15) is 0 Å². The molecule has 0 amide bonds. The molecule has 1 fully saturated rings. The highest BCUT2D eigenvalue weighted by Gasteiger charge is 2.30. The first-order valence-corrected chi connectivity index (χ1v) is 5.43. The summed E-state index contributed by atoms with van der Waals surface area (Å²) in [6, 6.07) is 0. The molecule has 0 saturated heterocycles. The third-order valence-electron chi connectivity index (χ3n) is 2.85. The van der Waals surface area contributed by atoms with Gasteiger partial charge in [-0.25, -0.2) is 0 Å². The van der Waals surface area contributed by atoms with Crippen molar-refractivity contribution in [2.24, 2.45) is 5.73 Å². The van der Waals surface area contributed by atoms with Gasteiger partial charge >= 0.3 is 0 Å². The fourth-order valence-electron chi connectivity index (χ4n) is 1.90. The molecule has 0 spiro atoms. The largest absolute Gasteiger partial charge is 0.381 e. The first-order valence-electron chi connectivity index (χ1n) is 4.43. The second-order valence-corrected chi connectivity index (χ2v) is 6.09. The van der Waals surface area contributed by atoms with Crippen molar-refractivity contribution >= 4 is 16.3 Å². The molecule has 3 heteroatoms. The van der Waals surface area contributed by atoms with Crippen LogP contribution in [0, 0.1) is 0 Å². The Morgan fingerprint density at radius 1 is 1.73 bits per heavy atom. The minimum Gasteiger partial charge on any atom is -0.381 e. The zero-order valence-corrected chi connectivity index (χ0v) is 9.60. The maximum Gasteiger partial charge on any atom is 0.223 e. The van der Waals surface area contributed by atoms with Gasteiger partial charge in [-0.1, -0.05) is 17.1 Å². The topological polar surface area (TPSA) is 35.2 Å². The lowest BCUT2D eigenvalue weighted by Gasteiger charge is -2.36. The number of rotatable bonds is 2. The van der Waals surface area contributed by atoms with Gasteiger partial charge in [-0.05, 0) is 19.4 Å². The van der Waals surface area contributed by atoms with E-state index in [0.29, 0.717) is 10.4 Å². The quantitative estimate of drug-likeness (QED) is 0.607. The van der Waals surface area contributed by atoms with Crippen molar-refractivity contribution < 1.29 is 4.74 Å². The zero-order chi connectivity index (χ0) is 8.32. The number of hydrogen-bond acceptors (Lipinski definition) is 2. The van der Waals surface area contributed by atoms with Crippen molar-refractivity contribution in [3.63, 3.8) is 0 Å². The SMILES string of the molecule is COC1CCC[C]([AlH2])(CN)C1. The van der Waals surface area contributed by atoms with E-state index in [2.05, 4.69) is 0 Å². The summed E-state index contributed by atoms with van der Waals surface area (Å²) in [5.74, 6) is 0. The maximum atomic E-state index is 5.73. The Labute approximate surface area is 76.9 Å². The van der Waals surface area contributed by atoms with E-state index in [1.165, 1.54) is 42.0 Å². The first kappa shape index (κ1) is 9.54. The van der Waals surface area contributed by atoms with Gasteiger partial charge in [0.1, 0.15) is 0 Å². The van der Waals surface area contributed by atoms with E-state index in [1.807, 2.05) is 7.11 Å². The fourth-order valence-corrected chi connectivity index (χ4v) is 2.71. The molecule has 0 heterocycles. The molecule has 0 radical (unpaired) electrons. The van der Waals surface area contributed by atoms with Gasteiger partial charge in [-0.3, -0.25) is 0 Å². The van der Waals surface area contributed by atoms with Gasteiger partial charge < -0.3 is 10.5 Å². The van der Waals surface area contributed by atoms with Crippen LogP contribution in [0.4, 0.5) is 0 Å². The predicted molar refractivity (Wildman–Crippen MR) is 49.6 cm³/mol. The molecule has 1 rings (SSSR count). The lowest BCUT2D eigenvalue weighted by molar-refractivity contribution is 0.0565. The summed E-state index contributed by atoms with van der Waals surface area (Å²) in [5.41, 5.74) is 5.73. The molecule has 1 aliphatic rings. The van der Waals surface area contributed by atoms with E-state index in [-0.39, 0.29) is 0 Å². The second kappa shape index (κ2) is 3.91. The molecular weight excluding hydrogens is 153 g/mol. The Kier molecular flexibility index (Phi) is 3.39. The van der Waals surface area contributed by atoms with Crippen LogP contribution in [0.3, 0.4) is 0 Å². The molecule has 0 bridgehead atoms. The van der Waals surface area contributed by atoms with E-state index < -0.39 is 0 Å². The van der Waals surface area contributed by atoms with Crippen LogP contribution >= 0.6 is 0 Å². The molecule has 11 heavy (non-hydrogen) atoms. The minimum absolute atomic E-state index is 0.485. The molecule has 2 N–H and O–H groups in total. The first-order chi connectivity index (χ1) is 5.20. The average Bonchev–Trinajstić information content (AvgIpc) is 2.05. The summed E-state index contributed by atoms with van der Waals surface area (Å²) in [6.07, 6.45) is 5.56. The van der Waals surface area contributed by atoms with Crippen LogP contribution in [0.15, 0.2) is 0 Å². The maximum absolute atomic E-state index is 5.73. The molecule has 0 aromatic rings. The van der Waals surface area contributed by atoms with E-state index >= 15 is 0 Å². The van der Waals surface area contributed by atoms with Gasteiger partial charge in [0, 0.05) is 7.11 Å². The Morgan fingerprint density at radius 2 is 2.45 bits per heavy atom. The van der Waals surface area contributed by atoms with Crippen molar-refractivity contribution in [2.45, 2.75) is 36.1 Å². The molecule has 0 aliphatic heterocycles. The zero-order valence-electron chi connectivity index (χ0n) is 7.60. The third kappa shape index (κ3) is 2.45. The van der Waals surface area contributed by atoms with Crippen LogP contribution in [0.1, 0.15) is 25.7 Å². The predicted octanol–water partition coefficient (Wildman–Crippen LogP) is 0.326. The normalized spacial score (nSPS) is 38.9. The molecule has 1 saturated carbocycles. The summed E-state index contributed by atoms with van der Waals surface area (Å²) in [4.78, 5) is 0. The lowest BCUT2D eigenvalue weighted by Crippen LogP contribution is -2.33. The highest BCUT2D eigenvalue weighted by Crippen LogP contribution is 2.39. The van der Waals surface area contributed by atoms with Crippen LogP contribution in [-0.4, -0.2) is 36.0 Å².